The number of nitrogens with two attached hydrogens (primary N) is 1. The van der Waals surface area contributed by atoms with Crippen LogP contribution in [0.1, 0.15) is 32.6 Å². The van der Waals surface area contributed by atoms with Gasteiger partial charge in [0.15, 0.2) is 0 Å². The van der Waals surface area contributed by atoms with Gasteiger partial charge < -0.3 is 20.9 Å². The Morgan fingerprint density at radius 2 is 2.08 bits per heavy atom. The molecule has 2 atom stereocenters. The van der Waals surface area contributed by atoms with E-state index in [9.17, 15) is 0 Å². The molecule has 0 radical (unpaired) electrons. The zero-order valence-electron chi connectivity index (χ0n) is 15.2. The highest BCUT2D eigenvalue weighted by atomic mass is 15.2. The van der Waals surface area contributed by atoms with Crippen molar-refractivity contribution in [2.75, 3.05) is 10.6 Å². The molecule has 26 heavy (non-hydrogen) atoms. The predicted octanol–water partition coefficient (Wildman–Crippen LogP) is 3.88. The number of hydrogen-bond acceptors (Lipinski definition) is 5. The van der Waals surface area contributed by atoms with Crippen LogP contribution in [0, 0.1) is 0 Å². The van der Waals surface area contributed by atoms with Gasteiger partial charge in [-0.15, -0.1) is 0 Å². The minimum atomic E-state index is 0.173. The minimum absolute atomic E-state index is 0.173. The van der Waals surface area contributed by atoms with E-state index in [1.54, 1.807) is 6.20 Å². The lowest BCUT2D eigenvalue weighted by Crippen LogP contribution is -2.42. The Hall–Kier alpha value is -2.60. The van der Waals surface area contributed by atoms with Crippen LogP contribution in [-0.2, 0) is 6.54 Å². The van der Waals surface area contributed by atoms with E-state index in [1.165, 1.54) is 23.7 Å². The number of benzene rings is 1. The summed E-state index contributed by atoms with van der Waals surface area (Å²) >= 11 is 0. The Kier molecular flexibility index (Phi) is 4.75. The van der Waals surface area contributed by atoms with E-state index in [2.05, 4.69) is 62.6 Å². The third-order valence-electron chi connectivity index (χ3n) is 5.21. The van der Waals surface area contributed by atoms with Crippen LogP contribution >= 0.6 is 0 Å². The smallest absolute Gasteiger partial charge is 0.224 e. The number of nitrogens with one attached hydrogen (secondary N) is 2. The van der Waals surface area contributed by atoms with Crippen LogP contribution in [0.15, 0.2) is 42.7 Å². The quantitative estimate of drug-likeness (QED) is 0.651. The predicted molar refractivity (Wildman–Crippen MR) is 107 cm³/mol. The van der Waals surface area contributed by atoms with Crippen molar-refractivity contribution in [3.8, 4) is 0 Å². The summed E-state index contributed by atoms with van der Waals surface area (Å²) in [5, 5.41) is 8.04. The summed E-state index contributed by atoms with van der Waals surface area (Å²) < 4.78 is 2.23. The van der Waals surface area contributed by atoms with Crippen molar-refractivity contribution in [1.29, 1.82) is 0 Å². The molecule has 2 aromatic heterocycles. The summed E-state index contributed by atoms with van der Waals surface area (Å²) in [4.78, 5) is 9.00. The monoisotopic (exact) mass is 350 g/mol. The maximum absolute atomic E-state index is 6.23. The molecule has 0 amide bonds. The number of nitrogens with zero attached hydrogens (tertiary/aromatic N) is 3. The molecule has 1 saturated carbocycles. The molecule has 1 aliphatic carbocycles. The van der Waals surface area contributed by atoms with E-state index in [4.69, 9.17) is 5.73 Å². The molecule has 0 bridgehead atoms. The van der Waals surface area contributed by atoms with E-state index in [0.29, 0.717) is 5.95 Å². The Morgan fingerprint density at radius 1 is 1.19 bits per heavy atom. The highest BCUT2D eigenvalue weighted by Crippen LogP contribution is 2.27. The zero-order valence-corrected chi connectivity index (χ0v) is 15.2. The van der Waals surface area contributed by atoms with Gasteiger partial charge >= 0.3 is 0 Å². The summed E-state index contributed by atoms with van der Waals surface area (Å²) in [6, 6.07) is 10.7. The maximum Gasteiger partial charge on any atom is 0.224 e. The van der Waals surface area contributed by atoms with Gasteiger partial charge in [0, 0.05) is 42.1 Å². The molecule has 0 saturated heterocycles. The van der Waals surface area contributed by atoms with E-state index < -0.39 is 0 Å². The highest BCUT2D eigenvalue weighted by molar-refractivity contribution is 5.93. The number of rotatable bonds is 5. The molecule has 4 rings (SSSR count). The summed E-state index contributed by atoms with van der Waals surface area (Å²) in [6.45, 7) is 3.11. The van der Waals surface area contributed by atoms with Crippen LogP contribution in [0.4, 0.5) is 17.5 Å². The first kappa shape index (κ1) is 16.8. The lowest BCUT2D eigenvalue weighted by atomic mass is 9.91. The van der Waals surface area contributed by atoms with Gasteiger partial charge in [-0.25, -0.2) is 4.98 Å². The van der Waals surface area contributed by atoms with Crippen LogP contribution in [0.5, 0.6) is 0 Å². The van der Waals surface area contributed by atoms with Gasteiger partial charge in [-0.3, -0.25) is 0 Å². The molecular weight excluding hydrogens is 324 g/mol. The number of aryl methyl sites for hydroxylation is 1. The van der Waals surface area contributed by atoms with Gasteiger partial charge in [-0.1, -0.05) is 18.9 Å². The first-order valence-electron chi connectivity index (χ1n) is 9.44. The molecule has 0 aliphatic heterocycles. The number of anilines is 3. The van der Waals surface area contributed by atoms with Gasteiger partial charge in [0.05, 0.1) is 5.52 Å². The number of fused-ring (bicyclic) bond motifs is 1. The lowest BCUT2D eigenvalue weighted by Gasteiger charge is -2.29. The average molecular weight is 350 g/mol. The second-order valence-electron chi connectivity index (χ2n) is 6.93. The molecular formula is C20H26N6. The molecule has 1 aliphatic rings. The maximum atomic E-state index is 6.23. The Balaban J connectivity index is 1.55. The van der Waals surface area contributed by atoms with E-state index in [1.807, 2.05) is 6.07 Å². The van der Waals surface area contributed by atoms with Crippen LogP contribution in [0.3, 0.4) is 0 Å². The number of aromatic nitrogens is 3. The molecule has 136 valence electrons. The highest BCUT2D eigenvalue weighted by Gasteiger charge is 2.22. The van der Waals surface area contributed by atoms with Gasteiger partial charge in [0.25, 0.3) is 0 Å². The third-order valence-corrected chi connectivity index (χ3v) is 5.21. The Labute approximate surface area is 153 Å². The first-order valence-corrected chi connectivity index (χ1v) is 9.44. The van der Waals surface area contributed by atoms with E-state index in [-0.39, 0.29) is 12.1 Å². The average Bonchev–Trinajstić information content (AvgIpc) is 3.08. The SMILES string of the molecule is CCn1ccc2c(Nc3ccnc(N[C@@H]4CCCC[C@@H]4N)n3)cccc21. The van der Waals surface area contributed by atoms with Crippen LogP contribution in [-0.4, -0.2) is 26.6 Å². The van der Waals surface area contributed by atoms with Crippen molar-refractivity contribution in [2.45, 2.75) is 51.2 Å². The summed E-state index contributed by atoms with van der Waals surface area (Å²) in [5.41, 5.74) is 8.50. The molecule has 1 aromatic carbocycles. The Morgan fingerprint density at radius 3 is 2.92 bits per heavy atom. The van der Waals surface area contributed by atoms with Crippen molar-refractivity contribution < 1.29 is 0 Å². The largest absolute Gasteiger partial charge is 0.350 e. The van der Waals surface area contributed by atoms with Gasteiger partial charge in [-0.05, 0) is 44.0 Å². The third kappa shape index (κ3) is 3.37. The second-order valence-corrected chi connectivity index (χ2v) is 6.93. The molecule has 6 heteroatoms. The first-order chi connectivity index (χ1) is 12.7. The molecule has 3 aromatic rings. The topological polar surface area (TPSA) is 80.8 Å². The normalized spacial score (nSPS) is 20.2. The molecule has 1 fully saturated rings. The molecule has 0 spiro atoms. The molecule has 0 unspecified atom stereocenters. The summed E-state index contributed by atoms with van der Waals surface area (Å²) in [7, 11) is 0. The van der Waals surface area contributed by atoms with Crippen LogP contribution < -0.4 is 16.4 Å². The second kappa shape index (κ2) is 7.33. The fourth-order valence-electron chi connectivity index (χ4n) is 3.75. The zero-order chi connectivity index (χ0) is 17.9. The van der Waals surface area contributed by atoms with Crippen LogP contribution in [0.2, 0.25) is 0 Å². The summed E-state index contributed by atoms with van der Waals surface area (Å²) in [5.74, 6) is 1.42. The van der Waals surface area contributed by atoms with Crippen molar-refractivity contribution in [3.63, 3.8) is 0 Å². The van der Waals surface area contributed by atoms with Crippen molar-refractivity contribution >= 4 is 28.4 Å². The molecule has 2 heterocycles. The van der Waals surface area contributed by atoms with Gasteiger partial charge in [0.2, 0.25) is 5.95 Å². The van der Waals surface area contributed by atoms with Gasteiger partial charge in [-0.2, -0.15) is 4.98 Å². The van der Waals surface area contributed by atoms with Gasteiger partial charge in [0.1, 0.15) is 5.82 Å². The minimum Gasteiger partial charge on any atom is -0.350 e. The standard InChI is InChI=1S/C20H26N6/c1-2-26-13-11-14-16(8-5-9-18(14)26)23-19-10-12-22-20(25-19)24-17-7-4-3-6-15(17)21/h5,8-13,15,17H,2-4,6-7,21H2,1H3,(H2,22,23,24,25)/t15-,17+/m0/s1. The summed E-state index contributed by atoms with van der Waals surface area (Å²) in [6.07, 6.45) is 8.46. The Bertz CT molecular complexity index is 887. The van der Waals surface area contributed by atoms with Crippen molar-refractivity contribution in [2.24, 2.45) is 5.73 Å². The van der Waals surface area contributed by atoms with Crippen LogP contribution in [0.25, 0.3) is 10.9 Å². The van der Waals surface area contributed by atoms with E-state index in [0.717, 1.165) is 30.9 Å². The van der Waals surface area contributed by atoms with Crippen molar-refractivity contribution in [1.82, 2.24) is 14.5 Å². The fourth-order valence-corrected chi connectivity index (χ4v) is 3.75. The van der Waals surface area contributed by atoms with Crippen molar-refractivity contribution in [3.05, 3.63) is 42.7 Å². The fraction of sp³-hybridized carbons (Fsp3) is 0.400. The van der Waals surface area contributed by atoms with E-state index >= 15 is 0 Å². The molecule has 4 N–H and O–H groups in total. The number of hydrogen-bond donors (Lipinski definition) is 3. The lowest BCUT2D eigenvalue weighted by molar-refractivity contribution is 0.402. The molecule has 6 nitrogen and oxygen atoms in total.